The Morgan fingerprint density at radius 1 is 0.900 bits per heavy atom. The molecule has 2 rings (SSSR count). The summed E-state index contributed by atoms with van der Waals surface area (Å²) in [7, 11) is 0. The van der Waals surface area contributed by atoms with Crippen LogP contribution in [0.3, 0.4) is 0 Å². The van der Waals surface area contributed by atoms with E-state index in [4.69, 9.17) is 11.5 Å². The highest BCUT2D eigenvalue weighted by molar-refractivity contribution is 4.95. The first kappa shape index (κ1) is 6.62. The molecule has 2 saturated carbocycles. The van der Waals surface area contributed by atoms with Crippen LogP contribution < -0.4 is 11.5 Å². The van der Waals surface area contributed by atoms with E-state index in [0.717, 1.165) is 11.8 Å². The smallest absolute Gasteiger partial charge is 0.00967 e. The molecule has 2 atom stereocenters. The predicted molar refractivity (Wildman–Crippen MR) is 41.4 cm³/mol. The number of rotatable bonds is 0. The van der Waals surface area contributed by atoms with Crippen LogP contribution in [0.15, 0.2) is 0 Å². The van der Waals surface area contributed by atoms with Gasteiger partial charge in [0.1, 0.15) is 0 Å². The van der Waals surface area contributed by atoms with Crippen molar-refractivity contribution in [2.45, 2.75) is 37.8 Å². The van der Waals surface area contributed by atoms with Crippen LogP contribution in [0.25, 0.3) is 0 Å². The Kier molecular flexibility index (Phi) is 1.46. The van der Waals surface area contributed by atoms with Crippen molar-refractivity contribution in [3.8, 4) is 0 Å². The van der Waals surface area contributed by atoms with Crippen molar-refractivity contribution in [3.63, 3.8) is 0 Å². The van der Waals surface area contributed by atoms with E-state index in [9.17, 15) is 0 Å². The predicted octanol–water partition coefficient (Wildman–Crippen LogP) is 0.461. The molecule has 2 bridgehead atoms. The molecule has 0 heterocycles. The molecular weight excluding hydrogens is 124 g/mol. The third-order valence-corrected chi connectivity index (χ3v) is 3.21. The highest BCUT2D eigenvalue weighted by atomic mass is 14.8. The number of hydrogen-bond donors (Lipinski definition) is 2. The lowest BCUT2D eigenvalue weighted by Crippen LogP contribution is -2.42. The first-order valence-electron chi connectivity index (χ1n) is 4.28. The van der Waals surface area contributed by atoms with Crippen LogP contribution >= 0.6 is 0 Å². The van der Waals surface area contributed by atoms with E-state index in [1.165, 1.54) is 25.7 Å². The van der Waals surface area contributed by atoms with Crippen molar-refractivity contribution in [1.82, 2.24) is 0 Å². The fourth-order valence-corrected chi connectivity index (χ4v) is 2.62. The Morgan fingerprint density at radius 3 is 1.90 bits per heavy atom. The monoisotopic (exact) mass is 140 g/mol. The first-order chi connectivity index (χ1) is 4.77. The molecule has 0 saturated heterocycles. The molecule has 2 nitrogen and oxygen atoms in total. The lowest BCUT2D eigenvalue weighted by atomic mass is 9.82. The molecular formula is C8H16N2. The SMILES string of the molecule is NC1CC2CCC(C1)C2N. The lowest BCUT2D eigenvalue weighted by molar-refractivity contribution is 0.274. The van der Waals surface area contributed by atoms with E-state index < -0.39 is 0 Å². The fraction of sp³-hybridized carbons (Fsp3) is 1.00. The first-order valence-corrected chi connectivity index (χ1v) is 4.28. The summed E-state index contributed by atoms with van der Waals surface area (Å²) in [6.45, 7) is 0. The maximum Gasteiger partial charge on any atom is 0.00967 e. The van der Waals surface area contributed by atoms with E-state index in [2.05, 4.69) is 0 Å². The van der Waals surface area contributed by atoms with Gasteiger partial charge in [-0.15, -0.1) is 0 Å². The van der Waals surface area contributed by atoms with Crippen molar-refractivity contribution in [3.05, 3.63) is 0 Å². The van der Waals surface area contributed by atoms with E-state index in [-0.39, 0.29) is 0 Å². The summed E-state index contributed by atoms with van der Waals surface area (Å²) in [4.78, 5) is 0. The summed E-state index contributed by atoms with van der Waals surface area (Å²) < 4.78 is 0. The largest absolute Gasteiger partial charge is 0.328 e. The average molecular weight is 140 g/mol. The van der Waals surface area contributed by atoms with Gasteiger partial charge in [-0.3, -0.25) is 0 Å². The maximum absolute atomic E-state index is 5.99. The van der Waals surface area contributed by atoms with E-state index in [1.807, 2.05) is 0 Å². The van der Waals surface area contributed by atoms with E-state index in [1.54, 1.807) is 0 Å². The van der Waals surface area contributed by atoms with Gasteiger partial charge in [-0.2, -0.15) is 0 Å². The van der Waals surface area contributed by atoms with Crippen molar-refractivity contribution >= 4 is 0 Å². The molecule has 0 aliphatic heterocycles. The van der Waals surface area contributed by atoms with E-state index in [0.29, 0.717) is 12.1 Å². The second-order valence-electron chi connectivity index (χ2n) is 3.91. The van der Waals surface area contributed by atoms with Gasteiger partial charge in [0, 0.05) is 12.1 Å². The van der Waals surface area contributed by atoms with Gasteiger partial charge in [0.15, 0.2) is 0 Å². The zero-order valence-electron chi connectivity index (χ0n) is 6.29. The van der Waals surface area contributed by atoms with Crippen LogP contribution in [-0.4, -0.2) is 12.1 Å². The summed E-state index contributed by atoms with van der Waals surface area (Å²) in [6, 6.07) is 0.942. The van der Waals surface area contributed by atoms with E-state index >= 15 is 0 Å². The van der Waals surface area contributed by atoms with Gasteiger partial charge in [0.2, 0.25) is 0 Å². The van der Waals surface area contributed by atoms with Gasteiger partial charge < -0.3 is 11.5 Å². The van der Waals surface area contributed by atoms with Gasteiger partial charge in [-0.25, -0.2) is 0 Å². The van der Waals surface area contributed by atoms with Crippen LogP contribution in [0.5, 0.6) is 0 Å². The molecule has 0 aromatic rings. The highest BCUT2D eigenvalue weighted by Crippen LogP contribution is 2.40. The van der Waals surface area contributed by atoms with Gasteiger partial charge in [-0.1, -0.05) is 0 Å². The second kappa shape index (κ2) is 2.21. The molecule has 0 spiro atoms. The van der Waals surface area contributed by atoms with Crippen molar-refractivity contribution < 1.29 is 0 Å². The summed E-state index contributed by atoms with van der Waals surface area (Å²) >= 11 is 0. The minimum Gasteiger partial charge on any atom is -0.328 e. The Labute approximate surface area is 62.0 Å². The van der Waals surface area contributed by atoms with Crippen LogP contribution in [-0.2, 0) is 0 Å². The quantitative estimate of drug-likeness (QED) is 0.513. The molecule has 0 aromatic carbocycles. The number of nitrogens with two attached hydrogens (primary N) is 2. The van der Waals surface area contributed by atoms with Crippen LogP contribution in [0.2, 0.25) is 0 Å². The normalized spacial score (nSPS) is 53.4. The van der Waals surface area contributed by atoms with Crippen LogP contribution in [0.4, 0.5) is 0 Å². The Bertz CT molecular complexity index is 121. The topological polar surface area (TPSA) is 52.0 Å². The molecule has 0 aromatic heterocycles. The minimum absolute atomic E-state index is 0.456. The molecule has 0 amide bonds. The second-order valence-corrected chi connectivity index (χ2v) is 3.91. The highest BCUT2D eigenvalue weighted by Gasteiger charge is 2.39. The van der Waals surface area contributed by atoms with Gasteiger partial charge >= 0.3 is 0 Å². The molecule has 4 N–H and O–H groups in total. The minimum atomic E-state index is 0.456. The molecule has 10 heavy (non-hydrogen) atoms. The van der Waals surface area contributed by atoms with Gasteiger partial charge in [0.25, 0.3) is 0 Å². The van der Waals surface area contributed by atoms with Crippen LogP contribution in [0.1, 0.15) is 25.7 Å². The molecule has 2 aliphatic carbocycles. The van der Waals surface area contributed by atoms with Crippen LogP contribution in [0, 0.1) is 11.8 Å². The summed E-state index contributed by atoms with van der Waals surface area (Å²) in [5.41, 5.74) is 11.9. The standard InChI is InChI=1S/C8H16N2/c9-7-3-5-1-2-6(4-7)8(5)10/h5-8H,1-4,9-10H2. The molecule has 2 heteroatoms. The van der Waals surface area contributed by atoms with Crippen molar-refractivity contribution in [2.24, 2.45) is 23.3 Å². The lowest BCUT2D eigenvalue weighted by Gasteiger charge is -2.30. The van der Waals surface area contributed by atoms with Gasteiger partial charge in [-0.05, 0) is 37.5 Å². The summed E-state index contributed by atoms with van der Waals surface area (Å²) in [6.07, 6.45) is 5.02. The molecule has 2 aliphatic rings. The zero-order chi connectivity index (χ0) is 7.14. The van der Waals surface area contributed by atoms with Crippen molar-refractivity contribution in [2.75, 3.05) is 0 Å². The van der Waals surface area contributed by atoms with Crippen molar-refractivity contribution in [1.29, 1.82) is 0 Å². The number of fused-ring (bicyclic) bond motifs is 2. The Hall–Kier alpha value is -0.0800. The third-order valence-electron chi connectivity index (χ3n) is 3.21. The average Bonchev–Trinajstić information content (AvgIpc) is 2.20. The Morgan fingerprint density at radius 2 is 1.40 bits per heavy atom. The molecule has 2 unspecified atom stereocenters. The summed E-state index contributed by atoms with van der Waals surface area (Å²) in [5, 5.41) is 0. The number of hydrogen-bond acceptors (Lipinski definition) is 2. The molecule has 2 fully saturated rings. The molecule has 0 radical (unpaired) electrons. The van der Waals surface area contributed by atoms with Gasteiger partial charge in [0.05, 0.1) is 0 Å². The summed E-state index contributed by atoms with van der Waals surface area (Å²) in [5.74, 6) is 1.52. The fourth-order valence-electron chi connectivity index (χ4n) is 2.62. The zero-order valence-corrected chi connectivity index (χ0v) is 6.29. The maximum atomic E-state index is 5.99. The molecule has 58 valence electrons. The Balaban J connectivity index is 2.09. The third kappa shape index (κ3) is 0.867.